The van der Waals surface area contributed by atoms with Crippen LogP contribution < -0.4 is 0 Å². The number of rotatable bonds is 4. The van der Waals surface area contributed by atoms with Crippen molar-refractivity contribution in [1.29, 1.82) is 0 Å². The Labute approximate surface area is 185 Å². The van der Waals surface area contributed by atoms with Crippen LogP contribution in [-0.2, 0) is 24.4 Å². The number of likely N-dealkylation sites (tertiary alicyclic amines) is 2. The number of nitrogens with zero attached hydrogens (tertiary/aromatic N) is 4. The number of hydrogen-bond donors (Lipinski definition) is 0. The van der Waals surface area contributed by atoms with Gasteiger partial charge in [0, 0.05) is 32.1 Å². The maximum absolute atomic E-state index is 13.5. The summed E-state index contributed by atoms with van der Waals surface area (Å²) in [7, 11) is -4.04. The van der Waals surface area contributed by atoms with Gasteiger partial charge in [0.1, 0.15) is 6.04 Å². The summed E-state index contributed by atoms with van der Waals surface area (Å²) in [5.41, 5.74) is -0.226. The highest BCUT2D eigenvalue weighted by molar-refractivity contribution is 7.89. The van der Waals surface area contributed by atoms with Crippen LogP contribution in [0.5, 0.6) is 0 Å². The van der Waals surface area contributed by atoms with Gasteiger partial charge in [0.15, 0.2) is 0 Å². The van der Waals surface area contributed by atoms with Gasteiger partial charge in [-0.05, 0) is 31.4 Å². The number of sulfonamides is 1. The summed E-state index contributed by atoms with van der Waals surface area (Å²) in [5.74, 6) is -1.58. The maximum Gasteiger partial charge on any atom is 0.269 e. The molecular weight excluding hydrogens is 440 g/mol. The highest BCUT2D eigenvalue weighted by atomic mass is 32.2. The summed E-state index contributed by atoms with van der Waals surface area (Å²) in [5, 5.41) is 10.9. The van der Waals surface area contributed by atoms with Crippen molar-refractivity contribution in [2.45, 2.75) is 56.1 Å². The molecule has 3 aliphatic heterocycles. The number of nitro benzene ring substituents is 1. The predicted octanol–water partition coefficient (Wildman–Crippen LogP) is 0.742. The Kier molecular flexibility index (Phi) is 5.53. The second-order valence-corrected chi connectivity index (χ2v) is 10.3. The number of nitro groups is 1. The summed E-state index contributed by atoms with van der Waals surface area (Å²) < 4.78 is 27.6. The molecule has 12 heteroatoms. The molecule has 0 saturated carbocycles. The van der Waals surface area contributed by atoms with Crippen LogP contribution in [0.1, 0.15) is 33.1 Å². The molecule has 4 atom stereocenters. The Morgan fingerprint density at radius 2 is 1.78 bits per heavy atom. The van der Waals surface area contributed by atoms with Crippen molar-refractivity contribution in [1.82, 2.24) is 14.1 Å². The average Bonchev–Trinajstić information content (AvgIpc) is 3.45. The van der Waals surface area contributed by atoms with Gasteiger partial charge < -0.3 is 4.90 Å². The fraction of sp³-hybridized carbons (Fsp3) is 0.550. The molecule has 1 aromatic carbocycles. The molecule has 11 nitrogen and oxygen atoms in total. The molecule has 0 spiro atoms. The first-order valence-electron chi connectivity index (χ1n) is 10.5. The summed E-state index contributed by atoms with van der Waals surface area (Å²) in [4.78, 5) is 50.9. The van der Waals surface area contributed by atoms with Crippen molar-refractivity contribution in [2.75, 3.05) is 13.1 Å². The van der Waals surface area contributed by atoms with E-state index in [4.69, 9.17) is 0 Å². The van der Waals surface area contributed by atoms with E-state index >= 15 is 0 Å². The number of fused-ring (bicyclic) bond motifs is 1. The normalized spacial score (nSPS) is 28.2. The minimum atomic E-state index is -4.04. The SMILES string of the molecule is CC(=O)N1C(=O)[C@H](C)[C@H]2[C@H]1CCN2C(=O)[C@@H]1CCCN1S(=O)(=O)c1ccc([N+](=O)[O-])cc1. The molecule has 3 aliphatic rings. The molecule has 0 radical (unpaired) electrons. The van der Waals surface area contributed by atoms with Crippen LogP contribution in [0.4, 0.5) is 5.69 Å². The Morgan fingerprint density at radius 3 is 2.38 bits per heavy atom. The number of imide groups is 1. The van der Waals surface area contributed by atoms with E-state index in [2.05, 4.69) is 0 Å². The van der Waals surface area contributed by atoms with Crippen molar-refractivity contribution in [3.8, 4) is 0 Å². The predicted molar refractivity (Wildman–Crippen MR) is 111 cm³/mol. The molecule has 32 heavy (non-hydrogen) atoms. The number of carbonyl (C=O) groups is 3. The summed E-state index contributed by atoms with van der Waals surface area (Å²) in [6, 6.07) is 2.80. The van der Waals surface area contributed by atoms with E-state index in [1.165, 1.54) is 24.0 Å². The van der Waals surface area contributed by atoms with Gasteiger partial charge in [0.25, 0.3) is 5.69 Å². The Balaban J connectivity index is 1.58. The third kappa shape index (κ3) is 3.37. The van der Waals surface area contributed by atoms with Gasteiger partial charge in [0.05, 0.1) is 27.8 Å². The van der Waals surface area contributed by atoms with Crippen LogP contribution >= 0.6 is 0 Å². The van der Waals surface area contributed by atoms with Gasteiger partial charge in [0.2, 0.25) is 27.7 Å². The molecule has 0 unspecified atom stereocenters. The van der Waals surface area contributed by atoms with E-state index in [1.807, 2.05) is 0 Å². The molecule has 0 aromatic heterocycles. The standard InChI is InChI=1S/C20H24N4O7S/c1-12-18-16(23(13(2)25)19(12)26)9-11-21(18)20(27)17-4-3-10-22(17)32(30,31)15-7-5-14(6-8-15)24(28)29/h5-8,12,16-18H,3-4,9-11H2,1-2H3/t12-,16-,17+,18+/m1/s1. The molecule has 3 heterocycles. The second kappa shape index (κ2) is 7.93. The lowest BCUT2D eigenvalue weighted by atomic mass is 10.0. The van der Waals surface area contributed by atoms with Crippen LogP contribution in [0.25, 0.3) is 0 Å². The minimum absolute atomic E-state index is 0.116. The Morgan fingerprint density at radius 1 is 1.12 bits per heavy atom. The van der Waals surface area contributed by atoms with E-state index in [0.717, 1.165) is 16.4 Å². The fourth-order valence-electron chi connectivity index (χ4n) is 5.20. The zero-order valence-electron chi connectivity index (χ0n) is 17.7. The number of non-ortho nitro benzene ring substituents is 1. The summed E-state index contributed by atoms with van der Waals surface area (Å²) in [6.07, 6.45) is 1.31. The van der Waals surface area contributed by atoms with E-state index < -0.39 is 32.9 Å². The van der Waals surface area contributed by atoms with Crippen molar-refractivity contribution < 1.29 is 27.7 Å². The Bertz CT molecular complexity index is 1090. The molecule has 4 rings (SSSR count). The van der Waals surface area contributed by atoms with Gasteiger partial charge in [-0.3, -0.25) is 29.4 Å². The molecule has 3 fully saturated rings. The summed E-state index contributed by atoms with van der Waals surface area (Å²) >= 11 is 0. The fourth-order valence-corrected chi connectivity index (χ4v) is 6.85. The van der Waals surface area contributed by atoms with Gasteiger partial charge in [-0.2, -0.15) is 4.31 Å². The summed E-state index contributed by atoms with van der Waals surface area (Å²) in [6.45, 7) is 3.52. The topological polar surface area (TPSA) is 138 Å². The van der Waals surface area contributed by atoms with E-state index in [-0.39, 0.29) is 40.9 Å². The van der Waals surface area contributed by atoms with E-state index in [1.54, 1.807) is 11.8 Å². The first kappa shape index (κ1) is 22.3. The van der Waals surface area contributed by atoms with Gasteiger partial charge >= 0.3 is 0 Å². The second-order valence-electron chi connectivity index (χ2n) is 8.42. The van der Waals surface area contributed by atoms with Crippen LogP contribution in [0.3, 0.4) is 0 Å². The maximum atomic E-state index is 13.5. The van der Waals surface area contributed by atoms with Crippen LogP contribution in [0.15, 0.2) is 29.2 Å². The van der Waals surface area contributed by atoms with E-state index in [9.17, 15) is 32.9 Å². The van der Waals surface area contributed by atoms with Gasteiger partial charge in [-0.25, -0.2) is 8.42 Å². The minimum Gasteiger partial charge on any atom is -0.335 e. The Hall–Kier alpha value is -2.86. The van der Waals surface area contributed by atoms with Crippen molar-refractivity contribution in [3.63, 3.8) is 0 Å². The number of hydrogen-bond acceptors (Lipinski definition) is 7. The number of benzene rings is 1. The smallest absolute Gasteiger partial charge is 0.269 e. The van der Waals surface area contributed by atoms with Crippen LogP contribution in [0, 0.1) is 16.0 Å². The highest BCUT2D eigenvalue weighted by Gasteiger charge is 2.56. The number of amides is 3. The molecule has 3 saturated heterocycles. The first-order chi connectivity index (χ1) is 15.1. The molecule has 172 valence electrons. The van der Waals surface area contributed by atoms with E-state index in [0.29, 0.717) is 25.8 Å². The molecular formula is C20H24N4O7S. The lowest BCUT2D eigenvalue weighted by molar-refractivity contribution is -0.384. The lowest BCUT2D eigenvalue weighted by Gasteiger charge is -2.31. The number of carbonyl (C=O) groups excluding carboxylic acids is 3. The third-order valence-corrected chi connectivity index (χ3v) is 8.58. The van der Waals surface area contributed by atoms with Crippen molar-refractivity contribution in [2.24, 2.45) is 5.92 Å². The van der Waals surface area contributed by atoms with Gasteiger partial charge in [-0.1, -0.05) is 6.92 Å². The first-order valence-corrected chi connectivity index (χ1v) is 11.9. The zero-order chi connectivity index (χ0) is 23.4. The largest absolute Gasteiger partial charge is 0.335 e. The van der Waals surface area contributed by atoms with Gasteiger partial charge in [-0.15, -0.1) is 0 Å². The molecule has 0 bridgehead atoms. The molecule has 3 amide bonds. The quantitative estimate of drug-likeness (QED) is 0.473. The van der Waals surface area contributed by atoms with Crippen LogP contribution in [0.2, 0.25) is 0 Å². The average molecular weight is 465 g/mol. The lowest BCUT2D eigenvalue weighted by Crippen LogP contribution is -2.51. The van der Waals surface area contributed by atoms with Crippen molar-refractivity contribution in [3.05, 3.63) is 34.4 Å². The molecule has 0 N–H and O–H groups in total. The van der Waals surface area contributed by atoms with Crippen molar-refractivity contribution >= 4 is 33.4 Å². The zero-order valence-corrected chi connectivity index (χ0v) is 18.5. The molecule has 1 aromatic rings. The monoisotopic (exact) mass is 464 g/mol. The third-order valence-electron chi connectivity index (χ3n) is 6.66. The molecule has 0 aliphatic carbocycles. The highest BCUT2D eigenvalue weighted by Crippen LogP contribution is 2.38. The van der Waals surface area contributed by atoms with Crippen LogP contribution in [-0.4, -0.2) is 76.4 Å².